The third-order valence-corrected chi connectivity index (χ3v) is 5.09. The van der Waals surface area contributed by atoms with Crippen molar-refractivity contribution in [2.75, 3.05) is 32.7 Å². The molecule has 1 saturated heterocycles. The summed E-state index contributed by atoms with van der Waals surface area (Å²) < 4.78 is 0. The molecule has 3 heteroatoms. The summed E-state index contributed by atoms with van der Waals surface area (Å²) in [5.74, 6) is 1.57. The standard InChI is InChI=1S/C15H30N2O/c1-4-16-7-9-17(10-8-16)14-11-13(12(2)3)5-6-15(14)18/h12-15,18H,4-11H2,1-3H3. The van der Waals surface area contributed by atoms with Crippen molar-refractivity contribution in [3.05, 3.63) is 0 Å². The maximum atomic E-state index is 10.3. The van der Waals surface area contributed by atoms with Gasteiger partial charge in [-0.3, -0.25) is 4.90 Å². The molecule has 3 unspecified atom stereocenters. The fraction of sp³-hybridized carbons (Fsp3) is 1.00. The van der Waals surface area contributed by atoms with Crippen LogP contribution in [-0.4, -0.2) is 59.8 Å². The molecule has 1 saturated carbocycles. The lowest BCUT2D eigenvalue weighted by Gasteiger charge is -2.45. The Labute approximate surface area is 112 Å². The van der Waals surface area contributed by atoms with Gasteiger partial charge in [0.05, 0.1) is 6.10 Å². The molecule has 2 rings (SSSR count). The van der Waals surface area contributed by atoms with E-state index in [4.69, 9.17) is 0 Å². The van der Waals surface area contributed by atoms with Gasteiger partial charge in [-0.15, -0.1) is 0 Å². The molecule has 3 nitrogen and oxygen atoms in total. The first-order chi connectivity index (χ1) is 8.61. The van der Waals surface area contributed by atoms with Gasteiger partial charge in [0.1, 0.15) is 0 Å². The normalized spacial score (nSPS) is 36.2. The van der Waals surface area contributed by atoms with E-state index in [1.807, 2.05) is 0 Å². The Hall–Kier alpha value is -0.120. The molecule has 3 atom stereocenters. The molecule has 1 N–H and O–H groups in total. The van der Waals surface area contributed by atoms with Gasteiger partial charge in [-0.2, -0.15) is 0 Å². The second-order valence-corrected chi connectivity index (χ2v) is 6.42. The maximum absolute atomic E-state index is 10.3. The maximum Gasteiger partial charge on any atom is 0.0695 e. The molecule has 0 aromatic carbocycles. The van der Waals surface area contributed by atoms with Crippen molar-refractivity contribution in [3.8, 4) is 0 Å². The zero-order valence-corrected chi connectivity index (χ0v) is 12.3. The fourth-order valence-corrected chi connectivity index (χ4v) is 3.57. The van der Waals surface area contributed by atoms with E-state index >= 15 is 0 Å². The highest BCUT2D eigenvalue weighted by Gasteiger charge is 2.35. The Kier molecular flexibility index (Phi) is 5.05. The molecule has 0 aromatic heterocycles. The first-order valence-electron chi connectivity index (χ1n) is 7.76. The lowest BCUT2D eigenvalue weighted by molar-refractivity contribution is -0.0224. The molecule has 0 amide bonds. The van der Waals surface area contributed by atoms with Gasteiger partial charge in [0, 0.05) is 32.2 Å². The highest BCUT2D eigenvalue weighted by Crippen LogP contribution is 2.33. The molecule has 1 aliphatic heterocycles. The highest BCUT2D eigenvalue weighted by atomic mass is 16.3. The van der Waals surface area contributed by atoms with E-state index in [0.717, 1.165) is 37.9 Å². The van der Waals surface area contributed by atoms with Crippen molar-refractivity contribution in [2.24, 2.45) is 11.8 Å². The SMILES string of the molecule is CCN1CCN(C2CC(C(C)C)CCC2O)CC1. The van der Waals surface area contributed by atoms with Crippen molar-refractivity contribution < 1.29 is 5.11 Å². The minimum atomic E-state index is -0.0897. The number of piperazine rings is 1. The number of rotatable bonds is 3. The lowest BCUT2D eigenvalue weighted by Crippen LogP contribution is -2.55. The van der Waals surface area contributed by atoms with Crippen LogP contribution < -0.4 is 0 Å². The molecule has 18 heavy (non-hydrogen) atoms. The van der Waals surface area contributed by atoms with Gasteiger partial charge < -0.3 is 10.0 Å². The minimum Gasteiger partial charge on any atom is -0.391 e. The molecule has 106 valence electrons. The minimum absolute atomic E-state index is 0.0897. The summed E-state index contributed by atoms with van der Waals surface area (Å²) in [6, 6.07) is 0.421. The molecule has 1 heterocycles. The summed E-state index contributed by atoms with van der Waals surface area (Å²) in [7, 11) is 0. The molecule has 2 aliphatic rings. The molecule has 2 fully saturated rings. The van der Waals surface area contributed by atoms with Crippen LogP contribution in [0.5, 0.6) is 0 Å². The summed E-state index contributed by atoms with van der Waals surface area (Å²) in [4.78, 5) is 5.05. The summed E-state index contributed by atoms with van der Waals surface area (Å²) >= 11 is 0. The topological polar surface area (TPSA) is 26.7 Å². The predicted octanol–water partition coefficient (Wildman–Crippen LogP) is 1.81. The van der Waals surface area contributed by atoms with E-state index in [1.54, 1.807) is 0 Å². The van der Waals surface area contributed by atoms with Crippen molar-refractivity contribution in [1.29, 1.82) is 0 Å². The van der Waals surface area contributed by atoms with Crippen LogP contribution in [0.3, 0.4) is 0 Å². The van der Waals surface area contributed by atoms with Crippen molar-refractivity contribution in [2.45, 2.75) is 52.2 Å². The number of aliphatic hydroxyl groups excluding tert-OH is 1. The second kappa shape index (κ2) is 6.36. The predicted molar refractivity (Wildman–Crippen MR) is 75.7 cm³/mol. The van der Waals surface area contributed by atoms with E-state index in [-0.39, 0.29) is 6.10 Å². The van der Waals surface area contributed by atoms with Gasteiger partial charge in [-0.25, -0.2) is 0 Å². The van der Waals surface area contributed by atoms with Crippen LogP contribution in [0.25, 0.3) is 0 Å². The van der Waals surface area contributed by atoms with Crippen LogP contribution in [0, 0.1) is 11.8 Å². The quantitative estimate of drug-likeness (QED) is 0.832. The van der Waals surface area contributed by atoms with Gasteiger partial charge in [-0.1, -0.05) is 20.8 Å². The monoisotopic (exact) mass is 254 g/mol. The summed E-state index contributed by atoms with van der Waals surface area (Å²) in [6.07, 6.45) is 3.32. The summed E-state index contributed by atoms with van der Waals surface area (Å²) in [5.41, 5.74) is 0. The Morgan fingerprint density at radius 1 is 1.11 bits per heavy atom. The molecular weight excluding hydrogens is 224 g/mol. The van der Waals surface area contributed by atoms with Crippen molar-refractivity contribution >= 4 is 0 Å². The Balaban J connectivity index is 1.90. The molecule has 1 aliphatic carbocycles. The third-order valence-electron chi connectivity index (χ3n) is 5.09. The van der Waals surface area contributed by atoms with Crippen molar-refractivity contribution in [3.63, 3.8) is 0 Å². The Bertz CT molecular complexity index is 249. The van der Waals surface area contributed by atoms with Crippen LogP contribution in [0.2, 0.25) is 0 Å². The van der Waals surface area contributed by atoms with E-state index in [9.17, 15) is 5.11 Å². The van der Waals surface area contributed by atoms with Gasteiger partial charge in [0.15, 0.2) is 0 Å². The van der Waals surface area contributed by atoms with Gasteiger partial charge >= 0.3 is 0 Å². The van der Waals surface area contributed by atoms with E-state index in [1.165, 1.54) is 25.9 Å². The number of hydrogen-bond acceptors (Lipinski definition) is 3. The van der Waals surface area contributed by atoms with Gasteiger partial charge in [0.2, 0.25) is 0 Å². The number of likely N-dealkylation sites (N-methyl/N-ethyl adjacent to an activating group) is 1. The molecular formula is C15H30N2O. The second-order valence-electron chi connectivity index (χ2n) is 6.42. The Morgan fingerprint density at radius 2 is 1.78 bits per heavy atom. The molecule has 0 spiro atoms. The van der Waals surface area contributed by atoms with E-state index < -0.39 is 0 Å². The smallest absolute Gasteiger partial charge is 0.0695 e. The van der Waals surface area contributed by atoms with Crippen molar-refractivity contribution in [1.82, 2.24) is 9.80 Å². The average molecular weight is 254 g/mol. The van der Waals surface area contributed by atoms with E-state index in [2.05, 4.69) is 30.6 Å². The first kappa shape index (κ1) is 14.3. The van der Waals surface area contributed by atoms with Crippen LogP contribution in [-0.2, 0) is 0 Å². The zero-order valence-electron chi connectivity index (χ0n) is 12.3. The summed E-state index contributed by atoms with van der Waals surface area (Å²) in [6.45, 7) is 12.7. The largest absolute Gasteiger partial charge is 0.391 e. The van der Waals surface area contributed by atoms with Gasteiger partial charge in [-0.05, 0) is 37.6 Å². The van der Waals surface area contributed by atoms with Crippen LogP contribution in [0.4, 0.5) is 0 Å². The van der Waals surface area contributed by atoms with Crippen LogP contribution in [0.15, 0.2) is 0 Å². The highest BCUT2D eigenvalue weighted by molar-refractivity contribution is 4.89. The zero-order chi connectivity index (χ0) is 13.1. The molecule has 0 radical (unpaired) electrons. The van der Waals surface area contributed by atoms with E-state index in [0.29, 0.717) is 6.04 Å². The van der Waals surface area contributed by atoms with Crippen LogP contribution >= 0.6 is 0 Å². The van der Waals surface area contributed by atoms with Crippen LogP contribution in [0.1, 0.15) is 40.0 Å². The third kappa shape index (κ3) is 3.25. The van der Waals surface area contributed by atoms with Gasteiger partial charge in [0.25, 0.3) is 0 Å². The Morgan fingerprint density at radius 3 is 2.33 bits per heavy atom. The number of hydrogen-bond donors (Lipinski definition) is 1. The summed E-state index contributed by atoms with van der Waals surface area (Å²) in [5, 5.41) is 10.3. The number of nitrogens with zero attached hydrogens (tertiary/aromatic N) is 2. The molecule has 0 aromatic rings. The fourth-order valence-electron chi connectivity index (χ4n) is 3.57. The lowest BCUT2D eigenvalue weighted by atomic mass is 9.77. The molecule has 0 bridgehead atoms. The average Bonchev–Trinajstić information content (AvgIpc) is 2.39. The number of aliphatic hydroxyl groups is 1. The first-order valence-corrected chi connectivity index (χ1v) is 7.76.